The van der Waals surface area contributed by atoms with Crippen molar-refractivity contribution in [3.8, 4) is 0 Å². The molecule has 0 aromatic heterocycles. The SMILES string of the molecule is CC(C)N1CCC(C)(CC(=O)C2(N(C)C)CCC2)CC1.CC(C)N1CCC(C)(CC(=O)C2(N)CC2)CC1.CC(C)N1CCC(C)(CC(=O)C2(N)CCC2)CC1.CC(C)N1CCC(C)(CC(=O)C2(NC(=O)OC(C)(C)C)CC2)CC1.CC(C)N1CCC(C)(CC(=O)C2(NC(=O)OC(C)(C)C)CCC2)CC1.CC(C)N1CCC(C)(CC(=O)C2(NC(=O)OC(C)(C)C)CCCC2)CC1. The standard InChI is InChI=1S/C21H38N2O3.C20H36N2O3.C19H34N2O3.C17H32N2O.C15H28N2O.C14H26N2O/c1-16(2)23-13-11-20(6,12-14-23)15-17(24)21(9-7-8-10-21)22-18(25)26-19(3,4)5;1-15(2)22-12-10-19(6,11-13-22)14-16(23)20(8-7-9-20)21-17(24)25-18(3,4)5;1-14(2)21-11-9-18(6,10-12-21)13-15(22)19(7-8-19)20-16(23)24-17(3,4)5;1-14(2)19-11-9-16(3,10-12-19)13-15(20)17(18(4)5)7-6-8-17;1-12(2)17-9-7-14(3,8-10-17)11-13(18)15(16)5-4-6-15;1-11(2)16-8-6-13(3,7-9-16)10-12(17)14(15)4-5-14/h16H,7-15H2,1-6H3,(H,22,25);15H,7-14H2,1-6H3,(H,21,24);14H,7-13H2,1-6H3,(H,20,23);14H,6-13H2,1-5H3;12H,4-11,16H2,1-3H3;11H,4-10,15H2,1-3H3. The molecule has 24 nitrogen and oxygen atoms in total. The van der Waals surface area contributed by atoms with Crippen LogP contribution in [0.2, 0.25) is 0 Å². The van der Waals surface area contributed by atoms with Crippen molar-refractivity contribution in [3.05, 3.63) is 0 Å². The molecule has 6 saturated carbocycles. The van der Waals surface area contributed by atoms with E-state index in [9.17, 15) is 43.2 Å². The Bertz CT molecular complexity index is 3660. The number of likely N-dealkylation sites (N-methyl/N-ethyl adjacent to an activating group) is 1. The molecule has 12 aliphatic rings. The molecule has 7 N–H and O–H groups in total. The van der Waals surface area contributed by atoms with Gasteiger partial charge in [0.2, 0.25) is 0 Å². The topological polar surface area (TPSA) is 292 Å². The molecule has 3 amide bonds. The minimum atomic E-state index is -0.722. The van der Waals surface area contributed by atoms with Crippen LogP contribution in [-0.4, -0.2) is 266 Å². The molecule has 0 unspecified atom stereocenters. The molecule has 0 spiro atoms. The van der Waals surface area contributed by atoms with Crippen molar-refractivity contribution in [1.29, 1.82) is 0 Å². The number of nitrogens with zero attached hydrogens (tertiary/aromatic N) is 7. The molecule has 6 heterocycles. The smallest absolute Gasteiger partial charge is 0.408 e. The largest absolute Gasteiger partial charge is 0.444 e. The fraction of sp³-hybridized carbons (Fsp3) is 0.915. The Morgan fingerprint density at radius 3 is 0.608 bits per heavy atom. The molecule has 6 aliphatic carbocycles. The third-order valence-corrected chi connectivity index (χ3v) is 32.9. The second-order valence-electron chi connectivity index (χ2n) is 50.4. The van der Waals surface area contributed by atoms with Gasteiger partial charge in [0.1, 0.15) is 33.4 Å². The number of carbonyl (C=O) groups is 9. The third kappa shape index (κ3) is 33.1. The third-order valence-electron chi connectivity index (χ3n) is 32.9. The molecular weight excluding hydrogens is 1630 g/mol. The summed E-state index contributed by atoms with van der Waals surface area (Å²) in [6.45, 7) is 70.0. The first-order valence-corrected chi connectivity index (χ1v) is 51.8. The summed E-state index contributed by atoms with van der Waals surface area (Å²) in [5.74, 6) is 1.67. The Balaban J connectivity index is 0.000000215. The normalized spacial score (nSPS) is 24.5. The van der Waals surface area contributed by atoms with Crippen LogP contribution in [0, 0.1) is 32.5 Å². The summed E-state index contributed by atoms with van der Waals surface area (Å²) >= 11 is 0. The van der Waals surface area contributed by atoms with E-state index in [1.165, 1.54) is 19.3 Å². The number of carbonyl (C=O) groups excluding carboxylic acids is 9. The van der Waals surface area contributed by atoms with E-state index in [4.69, 9.17) is 25.7 Å². The van der Waals surface area contributed by atoms with E-state index in [0.29, 0.717) is 85.7 Å². The lowest BCUT2D eigenvalue weighted by molar-refractivity contribution is -0.138. The lowest BCUT2D eigenvalue weighted by atomic mass is 9.66. The zero-order valence-corrected chi connectivity index (χ0v) is 88.4. The number of hydrogen-bond acceptors (Lipinski definition) is 21. The van der Waals surface area contributed by atoms with Gasteiger partial charge in [0.25, 0.3) is 0 Å². The Morgan fingerprint density at radius 1 is 0.269 bits per heavy atom. The zero-order valence-electron chi connectivity index (χ0n) is 88.4. The van der Waals surface area contributed by atoms with Crippen LogP contribution in [0.25, 0.3) is 0 Å². The predicted molar refractivity (Wildman–Crippen MR) is 527 cm³/mol. The van der Waals surface area contributed by atoms with Crippen LogP contribution in [0.15, 0.2) is 0 Å². The molecule has 750 valence electrons. The molecule has 12 rings (SSSR count). The summed E-state index contributed by atoms with van der Waals surface area (Å²) in [7, 11) is 4.14. The van der Waals surface area contributed by atoms with E-state index in [1.807, 2.05) is 62.3 Å². The van der Waals surface area contributed by atoms with Gasteiger partial charge >= 0.3 is 18.3 Å². The molecule has 6 saturated heterocycles. The lowest BCUT2D eigenvalue weighted by Gasteiger charge is -2.48. The molecular formula is C106H194N12O12. The van der Waals surface area contributed by atoms with Crippen LogP contribution in [-0.2, 0) is 43.0 Å². The van der Waals surface area contributed by atoms with Crippen molar-refractivity contribution in [2.24, 2.45) is 44.0 Å². The van der Waals surface area contributed by atoms with Crippen LogP contribution >= 0.6 is 0 Å². The number of ether oxygens (including phenoxy) is 3. The summed E-state index contributed by atoms with van der Waals surface area (Å²) in [6.07, 6.45) is 30.9. The molecule has 0 aromatic carbocycles. The number of piperidine rings is 6. The highest BCUT2D eigenvalue weighted by Gasteiger charge is 2.56. The molecule has 6 aliphatic heterocycles. The average Bonchev–Trinajstić information content (AvgIpc) is 1.08. The van der Waals surface area contributed by atoms with Gasteiger partial charge in [-0.05, 0) is 444 Å². The fourth-order valence-electron chi connectivity index (χ4n) is 21.2. The van der Waals surface area contributed by atoms with Gasteiger partial charge in [-0.2, -0.15) is 0 Å². The van der Waals surface area contributed by atoms with Gasteiger partial charge in [0.15, 0.2) is 34.7 Å². The molecule has 0 aromatic rings. The van der Waals surface area contributed by atoms with Crippen LogP contribution < -0.4 is 27.4 Å². The Labute approximate surface area is 790 Å². The summed E-state index contributed by atoms with van der Waals surface area (Å²) < 4.78 is 16.1. The monoisotopic (exact) mass is 1830 g/mol. The minimum absolute atomic E-state index is 0.0354. The van der Waals surface area contributed by atoms with E-state index < -0.39 is 62.8 Å². The first kappa shape index (κ1) is 112. The van der Waals surface area contributed by atoms with E-state index in [1.54, 1.807) is 0 Å². The number of likely N-dealkylation sites (tertiary alicyclic amines) is 6. The summed E-state index contributed by atoms with van der Waals surface area (Å²) in [4.78, 5) is 130. The van der Waals surface area contributed by atoms with Gasteiger partial charge in [0.05, 0.1) is 16.6 Å². The van der Waals surface area contributed by atoms with E-state index in [2.05, 4.69) is 189 Å². The molecule has 0 radical (unpaired) electrons. The van der Waals surface area contributed by atoms with E-state index >= 15 is 0 Å². The van der Waals surface area contributed by atoms with Crippen LogP contribution in [0.4, 0.5) is 14.4 Å². The van der Waals surface area contributed by atoms with Crippen molar-refractivity contribution < 1.29 is 57.4 Å². The number of nitrogens with one attached hydrogen (secondary N) is 3. The maximum Gasteiger partial charge on any atom is 0.408 e. The van der Waals surface area contributed by atoms with Crippen molar-refractivity contribution in [3.63, 3.8) is 0 Å². The number of nitrogens with two attached hydrogens (primary N) is 2. The van der Waals surface area contributed by atoms with Crippen molar-refractivity contribution in [2.45, 2.75) is 498 Å². The Hall–Kier alpha value is -4.53. The quantitative estimate of drug-likeness (QED) is 0.0455. The minimum Gasteiger partial charge on any atom is -0.444 e. The van der Waals surface area contributed by atoms with Gasteiger partial charge in [-0.15, -0.1) is 0 Å². The summed E-state index contributed by atoms with van der Waals surface area (Å²) in [6, 6.07) is 3.57. The van der Waals surface area contributed by atoms with Gasteiger partial charge in [0, 0.05) is 74.8 Å². The summed E-state index contributed by atoms with van der Waals surface area (Å²) in [5.41, 5.74) is 8.10. The highest BCUT2D eigenvalue weighted by atomic mass is 16.6. The highest BCUT2D eigenvalue weighted by Crippen LogP contribution is 2.49. The van der Waals surface area contributed by atoms with Gasteiger partial charge < -0.3 is 71.0 Å². The lowest BCUT2D eigenvalue weighted by Crippen LogP contribution is -2.60. The van der Waals surface area contributed by atoms with E-state index in [-0.39, 0.29) is 55.4 Å². The summed E-state index contributed by atoms with van der Waals surface area (Å²) in [5, 5.41) is 8.70. The number of amides is 3. The molecule has 130 heavy (non-hydrogen) atoms. The number of ketones is 6. The first-order valence-electron chi connectivity index (χ1n) is 51.8. The van der Waals surface area contributed by atoms with Crippen molar-refractivity contribution >= 4 is 53.0 Å². The van der Waals surface area contributed by atoms with Crippen molar-refractivity contribution in [2.75, 3.05) is 92.6 Å². The Kier molecular flexibility index (Phi) is 39.3. The van der Waals surface area contributed by atoms with Crippen LogP contribution in [0.5, 0.6) is 0 Å². The fourth-order valence-corrected chi connectivity index (χ4v) is 21.2. The van der Waals surface area contributed by atoms with Gasteiger partial charge in [-0.3, -0.25) is 33.7 Å². The van der Waals surface area contributed by atoms with Crippen molar-refractivity contribution in [1.82, 2.24) is 50.2 Å². The average molecular weight is 1830 g/mol. The van der Waals surface area contributed by atoms with Gasteiger partial charge in [-0.1, -0.05) is 54.4 Å². The molecule has 0 bridgehead atoms. The first-order chi connectivity index (χ1) is 59.8. The highest BCUT2D eigenvalue weighted by molar-refractivity contribution is 5.96. The zero-order chi connectivity index (χ0) is 97.7. The van der Waals surface area contributed by atoms with Gasteiger partial charge in [-0.25, -0.2) is 14.4 Å². The predicted octanol–water partition coefficient (Wildman–Crippen LogP) is 18.9. The molecule has 0 atom stereocenters. The molecule has 24 heteroatoms. The second kappa shape index (κ2) is 45.4. The number of rotatable bonds is 28. The Morgan fingerprint density at radius 2 is 0.454 bits per heavy atom. The van der Waals surface area contributed by atoms with Crippen LogP contribution in [0.1, 0.15) is 412 Å². The molecule has 12 fully saturated rings. The number of Topliss-reactive ketones (excluding diaryl/α,β-unsaturated/α-hetero) is 6. The van der Waals surface area contributed by atoms with Crippen LogP contribution in [0.3, 0.4) is 0 Å². The second-order valence-corrected chi connectivity index (χ2v) is 50.4. The number of alkyl carbamates (subject to hydrolysis) is 3. The maximum absolute atomic E-state index is 13.3. The van der Waals surface area contributed by atoms with E-state index in [0.717, 1.165) is 252 Å². The maximum atomic E-state index is 13.3. The number of hydrogen-bond donors (Lipinski definition) is 5.